The summed E-state index contributed by atoms with van der Waals surface area (Å²) < 4.78 is 0. The molecule has 112 valence electrons. The highest BCUT2D eigenvalue weighted by Crippen LogP contribution is 2.32. The Kier molecular flexibility index (Phi) is 6.06. The molecular formula is C18H30N2. The molecule has 0 amide bonds. The van der Waals surface area contributed by atoms with Crippen molar-refractivity contribution in [2.45, 2.75) is 56.9 Å². The molecule has 0 radical (unpaired) electrons. The second kappa shape index (κ2) is 7.80. The molecule has 2 nitrogen and oxygen atoms in total. The Morgan fingerprint density at radius 1 is 1.05 bits per heavy atom. The first-order valence-electron chi connectivity index (χ1n) is 8.22. The molecule has 1 aromatic rings. The Labute approximate surface area is 124 Å². The average Bonchev–Trinajstić information content (AvgIpc) is 2.53. The van der Waals surface area contributed by atoms with Crippen molar-refractivity contribution >= 4 is 0 Å². The Hall–Kier alpha value is -0.860. The summed E-state index contributed by atoms with van der Waals surface area (Å²) in [5.74, 6) is 0. The van der Waals surface area contributed by atoms with Gasteiger partial charge in [-0.2, -0.15) is 0 Å². The first-order valence-corrected chi connectivity index (χ1v) is 8.22. The van der Waals surface area contributed by atoms with Gasteiger partial charge in [0.25, 0.3) is 0 Å². The zero-order chi connectivity index (χ0) is 14.3. The van der Waals surface area contributed by atoms with Gasteiger partial charge in [-0.05, 0) is 51.3 Å². The van der Waals surface area contributed by atoms with Crippen LogP contribution in [0, 0.1) is 0 Å². The average molecular weight is 274 g/mol. The molecule has 0 atom stereocenters. The van der Waals surface area contributed by atoms with Crippen LogP contribution in [0.5, 0.6) is 0 Å². The van der Waals surface area contributed by atoms with Gasteiger partial charge in [0.05, 0.1) is 0 Å². The maximum Gasteiger partial charge on any atom is 0.0328 e. The summed E-state index contributed by atoms with van der Waals surface area (Å²) in [6.45, 7) is 2.01. The Morgan fingerprint density at radius 3 is 2.40 bits per heavy atom. The van der Waals surface area contributed by atoms with Gasteiger partial charge < -0.3 is 5.73 Å². The molecule has 2 rings (SSSR count). The zero-order valence-corrected chi connectivity index (χ0v) is 13.0. The van der Waals surface area contributed by atoms with Crippen LogP contribution >= 0.6 is 0 Å². The van der Waals surface area contributed by atoms with E-state index in [-0.39, 0.29) is 0 Å². The predicted octanol–water partition coefficient (Wildman–Crippen LogP) is 3.60. The number of aryl methyl sites for hydroxylation is 1. The van der Waals surface area contributed by atoms with E-state index >= 15 is 0 Å². The van der Waals surface area contributed by atoms with Crippen LogP contribution in [0.4, 0.5) is 0 Å². The van der Waals surface area contributed by atoms with Crippen molar-refractivity contribution in [2.75, 3.05) is 20.1 Å². The topological polar surface area (TPSA) is 29.3 Å². The van der Waals surface area contributed by atoms with Crippen molar-refractivity contribution in [2.24, 2.45) is 5.73 Å². The van der Waals surface area contributed by atoms with Crippen LogP contribution in [0.15, 0.2) is 30.3 Å². The predicted molar refractivity (Wildman–Crippen MR) is 86.9 cm³/mol. The highest BCUT2D eigenvalue weighted by molar-refractivity contribution is 5.14. The van der Waals surface area contributed by atoms with Crippen molar-refractivity contribution in [1.82, 2.24) is 4.90 Å². The molecule has 0 aliphatic heterocycles. The summed E-state index contributed by atoms with van der Waals surface area (Å²) in [6, 6.07) is 10.8. The van der Waals surface area contributed by atoms with Gasteiger partial charge in [0, 0.05) is 12.1 Å². The third-order valence-corrected chi connectivity index (χ3v) is 5.03. The third-order valence-electron chi connectivity index (χ3n) is 5.03. The van der Waals surface area contributed by atoms with Crippen molar-refractivity contribution < 1.29 is 0 Å². The second-order valence-electron chi connectivity index (χ2n) is 6.35. The van der Waals surface area contributed by atoms with E-state index in [2.05, 4.69) is 42.3 Å². The molecule has 2 heteroatoms. The number of unbranched alkanes of at least 4 members (excludes halogenated alkanes) is 1. The normalized spacial score (nSPS) is 18.4. The Balaban J connectivity index is 1.72. The van der Waals surface area contributed by atoms with E-state index in [0.717, 1.165) is 6.54 Å². The van der Waals surface area contributed by atoms with Crippen molar-refractivity contribution in [3.8, 4) is 0 Å². The molecule has 1 aromatic carbocycles. The Bertz CT molecular complexity index is 368. The highest BCUT2D eigenvalue weighted by Gasteiger charge is 2.33. The maximum absolute atomic E-state index is 6.09. The third kappa shape index (κ3) is 4.07. The monoisotopic (exact) mass is 274 g/mol. The quantitative estimate of drug-likeness (QED) is 0.770. The van der Waals surface area contributed by atoms with Gasteiger partial charge in [-0.1, -0.05) is 49.6 Å². The van der Waals surface area contributed by atoms with Crippen LogP contribution in [0.25, 0.3) is 0 Å². The minimum Gasteiger partial charge on any atom is -0.329 e. The van der Waals surface area contributed by atoms with E-state index in [9.17, 15) is 0 Å². The van der Waals surface area contributed by atoms with E-state index in [4.69, 9.17) is 5.73 Å². The molecule has 2 N–H and O–H groups in total. The van der Waals surface area contributed by atoms with E-state index in [0.29, 0.717) is 5.54 Å². The summed E-state index contributed by atoms with van der Waals surface area (Å²) in [7, 11) is 2.28. The van der Waals surface area contributed by atoms with Crippen molar-refractivity contribution in [1.29, 1.82) is 0 Å². The lowest BCUT2D eigenvalue weighted by Gasteiger charge is -2.44. The van der Waals surface area contributed by atoms with Gasteiger partial charge in [0.2, 0.25) is 0 Å². The SMILES string of the molecule is CN(CCCCc1ccccc1)C1(CN)CCCCC1. The molecule has 0 unspecified atom stereocenters. The van der Waals surface area contributed by atoms with E-state index in [1.165, 1.54) is 63.5 Å². The van der Waals surface area contributed by atoms with E-state index < -0.39 is 0 Å². The number of nitrogens with zero attached hydrogens (tertiary/aromatic N) is 1. The van der Waals surface area contributed by atoms with E-state index in [1.54, 1.807) is 0 Å². The van der Waals surface area contributed by atoms with Crippen molar-refractivity contribution in [3.05, 3.63) is 35.9 Å². The summed E-state index contributed by atoms with van der Waals surface area (Å²) in [5, 5.41) is 0. The van der Waals surface area contributed by atoms with Crippen molar-refractivity contribution in [3.63, 3.8) is 0 Å². The van der Waals surface area contributed by atoms with Gasteiger partial charge in [0.15, 0.2) is 0 Å². The van der Waals surface area contributed by atoms with Gasteiger partial charge in [-0.15, -0.1) is 0 Å². The smallest absolute Gasteiger partial charge is 0.0328 e. The lowest BCUT2D eigenvalue weighted by molar-refractivity contribution is 0.0811. The number of nitrogens with two attached hydrogens (primary N) is 1. The fourth-order valence-corrected chi connectivity index (χ4v) is 3.51. The molecular weight excluding hydrogens is 244 g/mol. The zero-order valence-electron chi connectivity index (χ0n) is 13.0. The second-order valence-corrected chi connectivity index (χ2v) is 6.35. The lowest BCUT2D eigenvalue weighted by atomic mass is 9.80. The molecule has 1 aliphatic rings. The molecule has 1 aliphatic carbocycles. The molecule has 0 spiro atoms. The van der Waals surface area contributed by atoms with Gasteiger partial charge >= 0.3 is 0 Å². The summed E-state index contributed by atoms with van der Waals surface area (Å²) >= 11 is 0. The van der Waals surface area contributed by atoms with Crippen LogP contribution < -0.4 is 5.73 Å². The molecule has 1 saturated carbocycles. The molecule has 0 aromatic heterocycles. The summed E-state index contributed by atoms with van der Waals surface area (Å²) in [5.41, 5.74) is 7.85. The van der Waals surface area contributed by atoms with Gasteiger partial charge in [0.1, 0.15) is 0 Å². The molecule has 0 heterocycles. The van der Waals surface area contributed by atoms with Crippen LogP contribution in [0.1, 0.15) is 50.5 Å². The molecule has 20 heavy (non-hydrogen) atoms. The highest BCUT2D eigenvalue weighted by atomic mass is 15.2. The molecule has 1 fully saturated rings. The first kappa shape index (κ1) is 15.5. The number of likely N-dealkylation sites (N-methyl/N-ethyl adjacent to an activating group) is 1. The number of rotatable bonds is 7. The van der Waals surface area contributed by atoms with Crippen LogP contribution in [-0.4, -0.2) is 30.6 Å². The summed E-state index contributed by atoms with van der Waals surface area (Å²) in [4.78, 5) is 2.55. The number of hydrogen-bond donors (Lipinski definition) is 1. The number of benzene rings is 1. The van der Waals surface area contributed by atoms with Gasteiger partial charge in [-0.3, -0.25) is 4.90 Å². The number of hydrogen-bond acceptors (Lipinski definition) is 2. The first-order chi connectivity index (χ1) is 9.77. The van der Waals surface area contributed by atoms with Crippen LogP contribution in [0.3, 0.4) is 0 Å². The standard InChI is InChI=1S/C18H30N2/c1-20(18(16-19)13-7-3-8-14-18)15-9-6-12-17-10-4-2-5-11-17/h2,4-5,10-11H,3,6-9,12-16,19H2,1H3. The fourth-order valence-electron chi connectivity index (χ4n) is 3.51. The minimum atomic E-state index is 0.297. The van der Waals surface area contributed by atoms with Crippen LogP contribution in [-0.2, 0) is 6.42 Å². The Morgan fingerprint density at radius 2 is 1.75 bits per heavy atom. The maximum atomic E-state index is 6.09. The fraction of sp³-hybridized carbons (Fsp3) is 0.667. The summed E-state index contributed by atoms with van der Waals surface area (Å²) in [6.07, 6.45) is 10.4. The molecule has 0 bridgehead atoms. The largest absolute Gasteiger partial charge is 0.329 e. The van der Waals surface area contributed by atoms with Gasteiger partial charge in [-0.25, -0.2) is 0 Å². The molecule has 0 saturated heterocycles. The minimum absolute atomic E-state index is 0.297. The van der Waals surface area contributed by atoms with E-state index in [1.807, 2.05) is 0 Å². The lowest BCUT2D eigenvalue weighted by Crippen LogP contribution is -2.53. The van der Waals surface area contributed by atoms with Crippen LogP contribution in [0.2, 0.25) is 0 Å².